The number of H-pyrrole nitrogens is 1. The lowest BCUT2D eigenvalue weighted by molar-refractivity contribution is 0.349. The van der Waals surface area contributed by atoms with Crippen LogP contribution in [0.25, 0.3) is 5.69 Å². The molecule has 0 saturated carbocycles. The number of hydrogen-bond donors (Lipinski definition) is 3. The molecule has 104 valence electrons. The van der Waals surface area contributed by atoms with Gasteiger partial charge in [-0.15, -0.1) is 10.6 Å². The molecule has 1 aliphatic heterocycles. The van der Waals surface area contributed by atoms with Crippen LogP contribution in [0.3, 0.4) is 0 Å². The van der Waals surface area contributed by atoms with Gasteiger partial charge in [-0.3, -0.25) is 10.1 Å². The van der Waals surface area contributed by atoms with Gasteiger partial charge in [0, 0.05) is 13.2 Å². The van der Waals surface area contributed by atoms with Gasteiger partial charge in [-0.1, -0.05) is 18.3 Å². The molecule has 0 amide bonds. The van der Waals surface area contributed by atoms with E-state index < -0.39 is 0 Å². The number of aromatic amines is 1. The molecule has 0 saturated heterocycles. The summed E-state index contributed by atoms with van der Waals surface area (Å²) in [4.78, 5) is 0. The van der Waals surface area contributed by atoms with E-state index in [0.717, 1.165) is 17.1 Å². The molecule has 0 radical (unpaired) electrons. The smallest absolute Gasteiger partial charge is 0.177 e. The highest BCUT2D eigenvalue weighted by Gasteiger charge is 2.18. The number of hydrazone groups is 1. The van der Waals surface area contributed by atoms with Crippen molar-refractivity contribution in [1.29, 1.82) is 0 Å². The van der Waals surface area contributed by atoms with Crippen molar-refractivity contribution >= 4 is 18.1 Å². The summed E-state index contributed by atoms with van der Waals surface area (Å²) in [5, 5.41) is 9.15. The lowest BCUT2D eigenvalue weighted by atomic mass is 10.1. The average molecular weight is 288 g/mol. The van der Waals surface area contributed by atoms with Gasteiger partial charge in [0.1, 0.15) is 4.64 Å². The zero-order valence-corrected chi connectivity index (χ0v) is 12.4. The van der Waals surface area contributed by atoms with Gasteiger partial charge in [0.25, 0.3) is 0 Å². The van der Waals surface area contributed by atoms with Gasteiger partial charge in [0.05, 0.1) is 11.3 Å². The molecule has 6 nitrogen and oxygen atoms in total. The van der Waals surface area contributed by atoms with E-state index in [1.807, 2.05) is 17.9 Å². The number of amidine groups is 1. The lowest BCUT2D eigenvalue weighted by Gasteiger charge is -2.10. The first-order valence-corrected chi connectivity index (χ1v) is 6.68. The number of aryl methyl sites for hydroxylation is 2. The summed E-state index contributed by atoms with van der Waals surface area (Å²) in [6.45, 7) is 4.15. The highest BCUT2D eigenvalue weighted by Crippen LogP contribution is 2.16. The molecule has 0 fully saturated rings. The standard InChI is InChI=1S/C13H16N6S/c1-8-4-9(2)6-10(5-8)19-13(20)11(7-14-19)12-15-16-17-18(12)3/h4-7,14,16-17H,1-3H3. The first-order chi connectivity index (χ1) is 9.56. The highest BCUT2D eigenvalue weighted by atomic mass is 32.1. The van der Waals surface area contributed by atoms with E-state index >= 15 is 0 Å². The predicted molar refractivity (Wildman–Crippen MR) is 81.0 cm³/mol. The predicted octanol–water partition coefficient (Wildman–Crippen LogP) is 1.77. The van der Waals surface area contributed by atoms with Crippen LogP contribution in [-0.4, -0.2) is 27.7 Å². The normalized spacial score (nSPS) is 14.3. The Bertz CT molecular complexity index is 721. The fraction of sp³-hybridized carbons (Fsp3) is 0.231. The van der Waals surface area contributed by atoms with E-state index in [0.29, 0.717) is 4.64 Å². The highest BCUT2D eigenvalue weighted by molar-refractivity contribution is 7.71. The van der Waals surface area contributed by atoms with Crippen LogP contribution >= 0.6 is 12.2 Å². The Hall–Kier alpha value is -2.12. The molecule has 20 heavy (non-hydrogen) atoms. The summed E-state index contributed by atoms with van der Waals surface area (Å²) in [5.41, 5.74) is 9.90. The third-order valence-electron chi connectivity index (χ3n) is 3.17. The number of nitrogens with one attached hydrogen (secondary N) is 3. The minimum atomic E-state index is 0.700. The van der Waals surface area contributed by atoms with Crippen LogP contribution in [0.4, 0.5) is 0 Å². The fourth-order valence-electron chi connectivity index (χ4n) is 2.32. The number of hydrogen-bond acceptors (Lipinski definition) is 5. The zero-order valence-electron chi connectivity index (χ0n) is 11.6. The van der Waals surface area contributed by atoms with Crippen molar-refractivity contribution in [1.82, 2.24) is 25.9 Å². The molecule has 7 heteroatoms. The largest absolute Gasteiger partial charge is 0.299 e. The Balaban J connectivity index is 2.09. The van der Waals surface area contributed by atoms with Crippen molar-refractivity contribution in [3.05, 3.63) is 45.7 Å². The monoisotopic (exact) mass is 288 g/mol. The van der Waals surface area contributed by atoms with E-state index in [1.54, 1.807) is 5.01 Å². The molecule has 0 aliphatic carbocycles. The summed E-state index contributed by atoms with van der Waals surface area (Å²) < 4.78 is 2.59. The zero-order chi connectivity index (χ0) is 14.3. The third kappa shape index (κ3) is 2.10. The van der Waals surface area contributed by atoms with Crippen LogP contribution in [0.2, 0.25) is 0 Å². The molecular formula is C13H16N6S. The van der Waals surface area contributed by atoms with E-state index in [4.69, 9.17) is 12.2 Å². The number of aromatic nitrogens is 2. The minimum absolute atomic E-state index is 0.700. The van der Waals surface area contributed by atoms with Crippen molar-refractivity contribution < 1.29 is 0 Å². The summed E-state index contributed by atoms with van der Waals surface area (Å²) in [7, 11) is 1.88. The van der Waals surface area contributed by atoms with E-state index in [9.17, 15) is 0 Å². The van der Waals surface area contributed by atoms with Gasteiger partial charge in [-0.05, 0) is 37.1 Å². The third-order valence-corrected chi connectivity index (χ3v) is 3.58. The van der Waals surface area contributed by atoms with Crippen molar-refractivity contribution in [3.8, 4) is 5.69 Å². The van der Waals surface area contributed by atoms with Crippen LogP contribution in [0.1, 0.15) is 16.7 Å². The van der Waals surface area contributed by atoms with Crippen molar-refractivity contribution in [2.75, 3.05) is 7.05 Å². The maximum atomic E-state index is 5.55. The Labute approximate surface area is 122 Å². The Kier molecular flexibility index (Phi) is 3.07. The minimum Gasteiger partial charge on any atom is -0.299 e. The molecule has 2 aromatic rings. The molecule has 1 aliphatic rings. The maximum absolute atomic E-state index is 5.55. The second kappa shape index (κ2) is 4.77. The molecule has 3 rings (SSSR count). The van der Waals surface area contributed by atoms with Crippen LogP contribution in [0.15, 0.2) is 29.5 Å². The molecule has 0 atom stereocenters. The van der Waals surface area contributed by atoms with E-state index in [-0.39, 0.29) is 0 Å². The number of nitrogens with zero attached hydrogens (tertiary/aromatic N) is 3. The van der Waals surface area contributed by atoms with E-state index in [1.165, 1.54) is 11.1 Å². The van der Waals surface area contributed by atoms with Gasteiger partial charge >= 0.3 is 0 Å². The summed E-state index contributed by atoms with van der Waals surface area (Å²) in [6, 6.07) is 6.33. The summed E-state index contributed by atoms with van der Waals surface area (Å²) in [5.74, 6) is 0.759. The van der Waals surface area contributed by atoms with Crippen molar-refractivity contribution in [2.24, 2.45) is 5.10 Å². The quantitative estimate of drug-likeness (QED) is 0.737. The molecule has 1 aromatic carbocycles. The van der Waals surface area contributed by atoms with Crippen LogP contribution < -0.4 is 11.1 Å². The SMILES string of the molecule is Cc1cc(C)cc(-n2[nH]cc(C3=NNNN3C)c2=S)c1. The Morgan fingerprint density at radius 1 is 1.15 bits per heavy atom. The molecule has 3 N–H and O–H groups in total. The first-order valence-electron chi connectivity index (χ1n) is 6.28. The Morgan fingerprint density at radius 2 is 1.85 bits per heavy atom. The average Bonchev–Trinajstić information content (AvgIpc) is 2.94. The van der Waals surface area contributed by atoms with E-state index in [2.05, 4.69) is 53.3 Å². The topological polar surface area (TPSA) is 60.4 Å². The van der Waals surface area contributed by atoms with Gasteiger partial charge in [-0.2, -0.15) is 0 Å². The number of benzene rings is 1. The van der Waals surface area contributed by atoms with Crippen LogP contribution in [0.5, 0.6) is 0 Å². The number of rotatable bonds is 2. The van der Waals surface area contributed by atoms with Gasteiger partial charge in [0.15, 0.2) is 5.84 Å². The molecular weight excluding hydrogens is 272 g/mol. The van der Waals surface area contributed by atoms with Crippen LogP contribution in [0, 0.1) is 18.5 Å². The maximum Gasteiger partial charge on any atom is 0.177 e. The lowest BCUT2D eigenvalue weighted by Crippen LogP contribution is -2.37. The fourth-order valence-corrected chi connectivity index (χ4v) is 2.63. The van der Waals surface area contributed by atoms with Crippen molar-refractivity contribution in [2.45, 2.75) is 13.8 Å². The number of hydrazine groups is 2. The van der Waals surface area contributed by atoms with Gasteiger partial charge in [-0.25, -0.2) is 10.2 Å². The molecule has 0 spiro atoms. The first kappa shape index (κ1) is 12.9. The Morgan fingerprint density at radius 3 is 2.45 bits per heavy atom. The van der Waals surface area contributed by atoms with Gasteiger partial charge in [0.2, 0.25) is 0 Å². The summed E-state index contributed by atoms with van der Waals surface area (Å²) >= 11 is 5.55. The second-order valence-electron chi connectivity index (χ2n) is 4.89. The molecule has 0 bridgehead atoms. The molecule has 1 aromatic heterocycles. The summed E-state index contributed by atoms with van der Waals surface area (Å²) in [6.07, 6.45) is 1.87. The van der Waals surface area contributed by atoms with Gasteiger partial charge < -0.3 is 0 Å². The molecule has 0 unspecified atom stereocenters. The molecule has 2 heterocycles. The second-order valence-corrected chi connectivity index (χ2v) is 5.28. The van der Waals surface area contributed by atoms with Crippen LogP contribution in [-0.2, 0) is 0 Å². The van der Waals surface area contributed by atoms with Crippen molar-refractivity contribution in [3.63, 3.8) is 0 Å².